The number of cyclic esters (lactones) is 1. The number of hydrogen-bond acceptors (Lipinski definition) is 2. The molecule has 0 radical (unpaired) electrons. The smallest absolute Gasteiger partial charge is 0.309 e. The van der Waals surface area contributed by atoms with Crippen LogP contribution >= 0.6 is 11.6 Å². The molecule has 16 heavy (non-hydrogen) atoms. The first kappa shape index (κ1) is 11.2. The third kappa shape index (κ3) is 1.98. The lowest BCUT2D eigenvalue weighted by Gasteiger charge is -2.14. The molecule has 84 valence electrons. The fourth-order valence-corrected chi connectivity index (χ4v) is 2.02. The Kier molecular flexibility index (Phi) is 3.01. The second-order valence-corrected chi connectivity index (χ2v) is 4.49. The third-order valence-electron chi connectivity index (χ3n) is 3.04. The van der Waals surface area contributed by atoms with E-state index in [1.54, 1.807) is 0 Å². The first-order valence-corrected chi connectivity index (χ1v) is 5.59. The lowest BCUT2D eigenvalue weighted by Crippen LogP contribution is -2.13. The quantitative estimate of drug-likeness (QED) is 0.738. The van der Waals surface area contributed by atoms with Gasteiger partial charge in [-0.15, -0.1) is 0 Å². The molecule has 1 aliphatic heterocycles. The van der Waals surface area contributed by atoms with Crippen molar-refractivity contribution in [2.75, 3.05) is 6.61 Å². The zero-order chi connectivity index (χ0) is 11.7. The highest BCUT2D eigenvalue weighted by molar-refractivity contribution is 6.30. The van der Waals surface area contributed by atoms with Gasteiger partial charge in [-0.25, -0.2) is 0 Å². The van der Waals surface area contributed by atoms with E-state index in [0.29, 0.717) is 11.6 Å². The van der Waals surface area contributed by atoms with Crippen LogP contribution in [0.3, 0.4) is 0 Å². The van der Waals surface area contributed by atoms with E-state index in [9.17, 15) is 4.79 Å². The Bertz CT molecular complexity index is 422. The van der Waals surface area contributed by atoms with Crippen LogP contribution in [0.4, 0.5) is 0 Å². The summed E-state index contributed by atoms with van der Waals surface area (Å²) >= 11 is 5.82. The molecule has 0 aliphatic carbocycles. The summed E-state index contributed by atoms with van der Waals surface area (Å²) in [6.45, 7) is 6.35. The van der Waals surface area contributed by atoms with Crippen molar-refractivity contribution in [1.29, 1.82) is 0 Å². The topological polar surface area (TPSA) is 26.3 Å². The highest BCUT2D eigenvalue weighted by atomic mass is 35.5. The van der Waals surface area contributed by atoms with E-state index >= 15 is 0 Å². The van der Waals surface area contributed by atoms with Crippen molar-refractivity contribution < 1.29 is 9.53 Å². The fourth-order valence-electron chi connectivity index (χ4n) is 1.89. The zero-order valence-electron chi connectivity index (χ0n) is 9.07. The van der Waals surface area contributed by atoms with E-state index in [4.69, 9.17) is 16.3 Å². The molecule has 1 aromatic rings. The van der Waals surface area contributed by atoms with Crippen LogP contribution in [0.5, 0.6) is 0 Å². The second-order valence-electron chi connectivity index (χ2n) is 4.06. The molecule has 1 fully saturated rings. The van der Waals surface area contributed by atoms with Gasteiger partial charge < -0.3 is 4.74 Å². The van der Waals surface area contributed by atoms with Crippen LogP contribution in [0.2, 0.25) is 5.02 Å². The predicted molar refractivity (Wildman–Crippen MR) is 64.1 cm³/mol. The Morgan fingerprint density at radius 1 is 1.44 bits per heavy atom. The van der Waals surface area contributed by atoms with E-state index in [1.807, 2.05) is 31.2 Å². The van der Waals surface area contributed by atoms with Gasteiger partial charge in [0.25, 0.3) is 0 Å². The van der Waals surface area contributed by atoms with E-state index in [0.717, 1.165) is 11.1 Å². The Morgan fingerprint density at radius 3 is 2.56 bits per heavy atom. The Morgan fingerprint density at radius 2 is 2.06 bits per heavy atom. The van der Waals surface area contributed by atoms with Crippen LogP contribution < -0.4 is 0 Å². The maximum atomic E-state index is 11.3. The largest absolute Gasteiger partial charge is 0.465 e. The number of halogens is 1. The van der Waals surface area contributed by atoms with Gasteiger partial charge in [0.1, 0.15) is 0 Å². The van der Waals surface area contributed by atoms with Crippen molar-refractivity contribution in [3.8, 4) is 0 Å². The minimum atomic E-state index is -0.139. The van der Waals surface area contributed by atoms with Gasteiger partial charge in [-0.2, -0.15) is 0 Å². The van der Waals surface area contributed by atoms with Crippen molar-refractivity contribution in [3.63, 3.8) is 0 Å². The summed E-state index contributed by atoms with van der Waals surface area (Å²) in [5.41, 5.74) is 1.95. The van der Waals surface area contributed by atoms with Gasteiger partial charge in [0.15, 0.2) is 0 Å². The molecular formula is C13H13ClO2. The molecule has 1 heterocycles. The molecule has 2 rings (SSSR count). The summed E-state index contributed by atoms with van der Waals surface area (Å²) in [4.78, 5) is 11.3. The first-order chi connectivity index (χ1) is 7.59. The molecule has 0 N–H and O–H groups in total. The highest BCUT2D eigenvalue weighted by Crippen LogP contribution is 2.33. The second kappa shape index (κ2) is 4.30. The summed E-state index contributed by atoms with van der Waals surface area (Å²) in [7, 11) is 0. The van der Waals surface area contributed by atoms with Gasteiger partial charge in [0, 0.05) is 10.9 Å². The number of ether oxygens (including phenoxy) is 1. The van der Waals surface area contributed by atoms with Crippen molar-refractivity contribution in [2.24, 2.45) is 11.8 Å². The lowest BCUT2D eigenvalue weighted by molar-refractivity contribution is -0.140. The van der Waals surface area contributed by atoms with Crippen molar-refractivity contribution in [3.05, 3.63) is 41.4 Å². The van der Waals surface area contributed by atoms with Crippen LogP contribution in [-0.4, -0.2) is 12.6 Å². The summed E-state index contributed by atoms with van der Waals surface area (Å²) in [5.74, 6) is -0.169. The monoisotopic (exact) mass is 236 g/mol. The van der Waals surface area contributed by atoms with Gasteiger partial charge in [-0.05, 0) is 23.3 Å². The number of carbonyl (C=O) groups excluding carboxylic acids is 1. The van der Waals surface area contributed by atoms with Gasteiger partial charge in [-0.1, -0.05) is 37.2 Å². The summed E-state index contributed by atoms with van der Waals surface area (Å²) in [6.07, 6.45) is 0. The van der Waals surface area contributed by atoms with E-state index in [-0.39, 0.29) is 17.8 Å². The van der Waals surface area contributed by atoms with Crippen LogP contribution in [0, 0.1) is 11.8 Å². The average molecular weight is 237 g/mol. The van der Waals surface area contributed by atoms with Crippen LogP contribution in [0.15, 0.2) is 30.8 Å². The molecule has 2 unspecified atom stereocenters. The van der Waals surface area contributed by atoms with Gasteiger partial charge in [0.05, 0.1) is 12.5 Å². The maximum Gasteiger partial charge on any atom is 0.309 e. The molecule has 2 nitrogen and oxygen atoms in total. The Labute approximate surface area is 99.9 Å². The van der Waals surface area contributed by atoms with E-state index in [2.05, 4.69) is 6.58 Å². The summed E-state index contributed by atoms with van der Waals surface area (Å²) < 4.78 is 5.02. The molecule has 2 atom stereocenters. The molecule has 0 spiro atoms. The van der Waals surface area contributed by atoms with Gasteiger partial charge >= 0.3 is 5.97 Å². The number of hydrogen-bond donors (Lipinski definition) is 0. The molecule has 1 aliphatic rings. The number of rotatable bonds is 2. The molecule has 0 aromatic heterocycles. The Balaban J connectivity index is 2.19. The highest BCUT2D eigenvalue weighted by Gasteiger charge is 2.35. The average Bonchev–Trinajstić information content (AvgIpc) is 2.60. The zero-order valence-corrected chi connectivity index (χ0v) is 9.83. The van der Waals surface area contributed by atoms with Crippen LogP contribution in [0.1, 0.15) is 12.5 Å². The molecule has 0 bridgehead atoms. The molecular weight excluding hydrogens is 224 g/mol. The van der Waals surface area contributed by atoms with Gasteiger partial charge in [-0.3, -0.25) is 4.79 Å². The number of benzene rings is 1. The summed E-state index contributed by atoms with van der Waals surface area (Å²) in [6, 6.07) is 7.48. The Hall–Kier alpha value is -1.28. The standard InChI is InChI=1S/C13H13ClO2/c1-8(10-3-5-11(14)6-4-10)12-7-16-13(15)9(12)2/h3-6,9,12H,1,7H2,2H3. The SMILES string of the molecule is C=C(c1ccc(Cl)cc1)C1COC(=O)C1C. The summed E-state index contributed by atoms with van der Waals surface area (Å²) in [5, 5.41) is 0.698. The van der Waals surface area contributed by atoms with Crippen LogP contribution in [-0.2, 0) is 9.53 Å². The minimum absolute atomic E-state index is 0.0775. The lowest BCUT2D eigenvalue weighted by atomic mass is 9.86. The molecule has 0 amide bonds. The molecule has 0 saturated carbocycles. The van der Waals surface area contributed by atoms with Gasteiger partial charge in [0.2, 0.25) is 0 Å². The van der Waals surface area contributed by atoms with E-state index in [1.165, 1.54) is 0 Å². The normalized spacial score (nSPS) is 24.2. The molecule has 3 heteroatoms. The first-order valence-electron chi connectivity index (χ1n) is 5.21. The fraction of sp³-hybridized carbons (Fsp3) is 0.308. The van der Waals surface area contributed by atoms with Crippen molar-refractivity contribution in [2.45, 2.75) is 6.92 Å². The van der Waals surface area contributed by atoms with Crippen molar-refractivity contribution in [1.82, 2.24) is 0 Å². The maximum absolute atomic E-state index is 11.3. The third-order valence-corrected chi connectivity index (χ3v) is 3.30. The molecule has 1 saturated heterocycles. The predicted octanol–water partition coefficient (Wildman–Crippen LogP) is 3.16. The van der Waals surface area contributed by atoms with E-state index < -0.39 is 0 Å². The molecule has 1 aromatic carbocycles. The number of esters is 1. The van der Waals surface area contributed by atoms with Crippen LogP contribution in [0.25, 0.3) is 5.57 Å². The number of carbonyl (C=O) groups is 1. The van der Waals surface area contributed by atoms with Crippen molar-refractivity contribution >= 4 is 23.1 Å². The minimum Gasteiger partial charge on any atom is -0.465 e.